The van der Waals surface area contributed by atoms with Crippen molar-refractivity contribution in [3.63, 3.8) is 0 Å². The number of aryl methyl sites for hydroxylation is 2. The predicted octanol–water partition coefficient (Wildman–Crippen LogP) is 4.23. The van der Waals surface area contributed by atoms with Crippen LogP contribution in [0.25, 0.3) is 0 Å². The molecule has 0 aliphatic carbocycles. The van der Waals surface area contributed by atoms with Gasteiger partial charge in [0, 0.05) is 53.5 Å². The molecule has 1 amide bonds. The van der Waals surface area contributed by atoms with Crippen molar-refractivity contribution in [2.75, 3.05) is 7.05 Å². The van der Waals surface area contributed by atoms with Gasteiger partial charge in [0.1, 0.15) is 0 Å². The van der Waals surface area contributed by atoms with Gasteiger partial charge in [0.2, 0.25) is 5.91 Å². The van der Waals surface area contributed by atoms with Crippen LogP contribution in [0.2, 0.25) is 0 Å². The van der Waals surface area contributed by atoms with E-state index in [1.165, 1.54) is 5.56 Å². The fourth-order valence-corrected chi connectivity index (χ4v) is 4.10. The van der Waals surface area contributed by atoms with Crippen molar-refractivity contribution in [3.05, 3.63) is 75.2 Å². The zero-order chi connectivity index (χ0) is 20.1. The third-order valence-electron chi connectivity index (χ3n) is 4.63. The zero-order valence-corrected chi connectivity index (χ0v) is 17.3. The van der Waals surface area contributed by atoms with Gasteiger partial charge in [-0.1, -0.05) is 30.3 Å². The number of nitrogens with zero attached hydrogens (tertiary/aromatic N) is 3. The minimum atomic E-state index is -0.0336. The van der Waals surface area contributed by atoms with E-state index in [9.17, 15) is 9.59 Å². The van der Waals surface area contributed by atoms with Crippen molar-refractivity contribution in [2.45, 2.75) is 39.8 Å². The van der Waals surface area contributed by atoms with Crippen LogP contribution in [0.1, 0.15) is 44.1 Å². The van der Waals surface area contributed by atoms with E-state index in [4.69, 9.17) is 0 Å². The Morgan fingerprint density at radius 3 is 2.54 bits per heavy atom. The summed E-state index contributed by atoms with van der Waals surface area (Å²) in [5.74, 6) is 0.00745. The molecular formula is C22H25N3O2S. The van der Waals surface area contributed by atoms with Gasteiger partial charge in [-0.15, -0.1) is 11.3 Å². The van der Waals surface area contributed by atoms with Gasteiger partial charge in [0.05, 0.1) is 12.7 Å². The number of amides is 1. The van der Waals surface area contributed by atoms with Crippen LogP contribution >= 0.6 is 11.3 Å². The lowest BCUT2D eigenvalue weighted by atomic mass is 10.1. The van der Waals surface area contributed by atoms with Crippen LogP contribution in [0.4, 0.5) is 0 Å². The smallest absolute Gasteiger partial charge is 0.223 e. The van der Waals surface area contributed by atoms with E-state index in [0.717, 1.165) is 20.9 Å². The largest absolute Gasteiger partial charge is 0.341 e. The molecule has 146 valence electrons. The number of benzene rings is 1. The molecule has 0 fully saturated rings. The van der Waals surface area contributed by atoms with Gasteiger partial charge < -0.3 is 4.90 Å². The molecule has 3 rings (SSSR count). The van der Waals surface area contributed by atoms with E-state index >= 15 is 0 Å². The minimum absolute atomic E-state index is 0.0336. The second-order valence-electron chi connectivity index (χ2n) is 7.03. The zero-order valence-electron chi connectivity index (χ0n) is 16.5. The van der Waals surface area contributed by atoms with Gasteiger partial charge in [-0.3, -0.25) is 14.3 Å². The molecule has 0 aliphatic heterocycles. The quantitative estimate of drug-likeness (QED) is 0.536. The SMILES string of the molecule is Cc1cc(C(=O)CCC(=O)N(C)Cc2cnn(Cc3ccccc3)c2)c(C)s1. The maximum atomic E-state index is 12.4. The molecule has 3 aromatic rings. The molecule has 0 N–H and O–H groups in total. The molecule has 0 spiro atoms. The van der Waals surface area contributed by atoms with Crippen LogP contribution in [0, 0.1) is 13.8 Å². The molecule has 0 saturated heterocycles. The molecule has 2 aromatic heterocycles. The average molecular weight is 396 g/mol. The van der Waals surface area contributed by atoms with Crippen LogP contribution in [-0.4, -0.2) is 33.4 Å². The summed E-state index contributed by atoms with van der Waals surface area (Å²) >= 11 is 1.62. The number of hydrogen-bond acceptors (Lipinski definition) is 4. The van der Waals surface area contributed by atoms with E-state index < -0.39 is 0 Å². The molecule has 0 radical (unpaired) electrons. The summed E-state index contributed by atoms with van der Waals surface area (Å²) in [6, 6.07) is 12.0. The molecule has 6 heteroatoms. The first-order valence-electron chi connectivity index (χ1n) is 9.32. The van der Waals surface area contributed by atoms with E-state index in [0.29, 0.717) is 13.1 Å². The number of carbonyl (C=O) groups excluding carboxylic acids is 2. The standard InChI is InChI=1S/C22H25N3O2S/c1-16-11-20(17(2)28-16)21(26)9-10-22(27)24(3)13-19-12-23-25(15-19)14-18-7-5-4-6-8-18/h4-8,11-12,15H,9-10,13-14H2,1-3H3. The van der Waals surface area contributed by atoms with Crippen LogP contribution in [0.15, 0.2) is 48.8 Å². The first kappa shape index (κ1) is 20.0. The van der Waals surface area contributed by atoms with Gasteiger partial charge >= 0.3 is 0 Å². The van der Waals surface area contributed by atoms with Crippen molar-refractivity contribution in [2.24, 2.45) is 0 Å². The second kappa shape index (κ2) is 8.97. The number of carbonyl (C=O) groups is 2. The highest BCUT2D eigenvalue weighted by atomic mass is 32.1. The second-order valence-corrected chi connectivity index (χ2v) is 8.49. The van der Waals surface area contributed by atoms with Crippen LogP contribution in [0.5, 0.6) is 0 Å². The summed E-state index contributed by atoms with van der Waals surface area (Å²) in [6.07, 6.45) is 4.21. The Balaban J connectivity index is 1.50. The lowest BCUT2D eigenvalue weighted by molar-refractivity contribution is -0.130. The average Bonchev–Trinajstić information content (AvgIpc) is 3.25. The summed E-state index contributed by atoms with van der Waals surface area (Å²) in [6.45, 7) is 5.13. The summed E-state index contributed by atoms with van der Waals surface area (Å²) < 4.78 is 1.87. The molecule has 0 unspecified atom stereocenters. The lowest BCUT2D eigenvalue weighted by Crippen LogP contribution is -2.26. The van der Waals surface area contributed by atoms with E-state index in [1.807, 2.05) is 49.0 Å². The van der Waals surface area contributed by atoms with E-state index in [1.54, 1.807) is 29.5 Å². The Morgan fingerprint density at radius 2 is 1.86 bits per heavy atom. The molecular weight excluding hydrogens is 370 g/mol. The highest BCUT2D eigenvalue weighted by Crippen LogP contribution is 2.22. The maximum Gasteiger partial charge on any atom is 0.223 e. The Morgan fingerprint density at radius 1 is 1.11 bits per heavy atom. The number of Topliss-reactive ketones (excluding diaryl/α,β-unsaturated/α-hetero) is 1. The molecule has 5 nitrogen and oxygen atoms in total. The normalized spacial score (nSPS) is 10.8. The Kier molecular flexibility index (Phi) is 6.41. The van der Waals surface area contributed by atoms with E-state index in [2.05, 4.69) is 17.2 Å². The summed E-state index contributed by atoms with van der Waals surface area (Å²) in [4.78, 5) is 28.6. The number of rotatable bonds is 8. The Hall–Kier alpha value is -2.73. The third kappa shape index (κ3) is 5.16. The van der Waals surface area contributed by atoms with Gasteiger partial charge in [-0.2, -0.15) is 5.10 Å². The molecule has 0 bridgehead atoms. The Bertz CT molecular complexity index is 959. The maximum absolute atomic E-state index is 12.4. The summed E-state index contributed by atoms with van der Waals surface area (Å²) in [5.41, 5.74) is 2.90. The highest BCUT2D eigenvalue weighted by Gasteiger charge is 2.16. The molecule has 2 heterocycles. The number of thiophene rings is 1. The third-order valence-corrected chi connectivity index (χ3v) is 5.59. The van der Waals surface area contributed by atoms with Crippen LogP contribution in [0.3, 0.4) is 0 Å². The van der Waals surface area contributed by atoms with Crippen molar-refractivity contribution < 1.29 is 9.59 Å². The topological polar surface area (TPSA) is 55.2 Å². The van der Waals surface area contributed by atoms with Crippen molar-refractivity contribution >= 4 is 23.0 Å². The fourth-order valence-electron chi connectivity index (χ4n) is 3.16. The molecule has 28 heavy (non-hydrogen) atoms. The van der Waals surface area contributed by atoms with Gasteiger partial charge in [-0.25, -0.2) is 0 Å². The number of ketones is 1. The first-order chi connectivity index (χ1) is 13.4. The number of hydrogen-bond donors (Lipinski definition) is 0. The van der Waals surface area contributed by atoms with E-state index in [-0.39, 0.29) is 24.5 Å². The van der Waals surface area contributed by atoms with Crippen LogP contribution in [-0.2, 0) is 17.9 Å². The lowest BCUT2D eigenvalue weighted by Gasteiger charge is -2.16. The fraction of sp³-hybridized carbons (Fsp3) is 0.318. The van der Waals surface area contributed by atoms with Crippen molar-refractivity contribution in [3.8, 4) is 0 Å². The summed E-state index contributed by atoms with van der Waals surface area (Å²) in [5, 5.41) is 4.38. The predicted molar refractivity (Wildman–Crippen MR) is 112 cm³/mol. The van der Waals surface area contributed by atoms with Gasteiger partial charge in [0.15, 0.2) is 5.78 Å². The molecule has 0 saturated carbocycles. The number of aromatic nitrogens is 2. The van der Waals surface area contributed by atoms with Crippen LogP contribution < -0.4 is 0 Å². The first-order valence-corrected chi connectivity index (χ1v) is 10.1. The minimum Gasteiger partial charge on any atom is -0.341 e. The van der Waals surface area contributed by atoms with Crippen molar-refractivity contribution in [1.82, 2.24) is 14.7 Å². The van der Waals surface area contributed by atoms with Gasteiger partial charge in [-0.05, 0) is 25.5 Å². The Labute approximate surface area is 169 Å². The molecule has 0 atom stereocenters. The van der Waals surface area contributed by atoms with Crippen molar-refractivity contribution in [1.29, 1.82) is 0 Å². The molecule has 0 aliphatic rings. The van der Waals surface area contributed by atoms with Gasteiger partial charge in [0.25, 0.3) is 0 Å². The monoisotopic (exact) mass is 395 g/mol. The summed E-state index contributed by atoms with van der Waals surface area (Å²) in [7, 11) is 1.77. The molecule has 1 aromatic carbocycles. The highest BCUT2D eigenvalue weighted by molar-refractivity contribution is 7.12.